The molecule has 0 amide bonds. The van der Waals surface area contributed by atoms with Gasteiger partial charge in [-0.25, -0.2) is 0 Å². The van der Waals surface area contributed by atoms with E-state index in [2.05, 4.69) is 3.18 Å². The van der Waals surface area contributed by atoms with Crippen LogP contribution in [0.4, 0.5) is 0 Å². The Morgan fingerprint density at radius 3 is 1.70 bits per heavy atom. The first-order valence-electron chi connectivity index (χ1n) is 1.43. The van der Waals surface area contributed by atoms with Crippen LogP contribution >= 0.6 is 7.82 Å². The van der Waals surface area contributed by atoms with Gasteiger partial charge in [0.2, 0.25) is 0 Å². The Hall–Kier alpha value is 2.16. The van der Waals surface area contributed by atoms with Gasteiger partial charge in [0, 0.05) is 0 Å². The SMILES string of the molecule is O=P(O)(O)[O][Mo](=[O])(=[O])[O-].[Rb+]. The van der Waals surface area contributed by atoms with Gasteiger partial charge >= 0.3 is 111 Å². The maximum Gasteiger partial charge on any atom is 1.00 e. The molecule has 7 nitrogen and oxygen atoms in total. The van der Waals surface area contributed by atoms with E-state index in [0.717, 1.165) is 0 Å². The van der Waals surface area contributed by atoms with Crippen molar-refractivity contribution in [1.82, 2.24) is 0 Å². The minimum absolute atomic E-state index is 0. The summed E-state index contributed by atoms with van der Waals surface area (Å²) in [5.41, 5.74) is 0. The molecule has 0 aromatic carbocycles. The van der Waals surface area contributed by atoms with Crippen molar-refractivity contribution in [2.24, 2.45) is 0 Å². The van der Waals surface area contributed by atoms with Gasteiger partial charge in [-0.2, -0.15) is 0 Å². The monoisotopic (exact) mass is 328 g/mol. The Balaban J connectivity index is 0. The van der Waals surface area contributed by atoms with Crippen molar-refractivity contribution >= 4 is 7.82 Å². The standard InChI is InChI=1S/Mo.H3O4P.3O.Rb/c;1-5(2,3)4;;;;/h;(H3,1,2,3,4);;;;/q+1;;;;-1;+1/p-1. The van der Waals surface area contributed by atoms with Gasteiger partial charge in [-0.3, -0.25) is 0 Å². The van der Waals surface area contributed by atoms with Crippen LogP contribution < -0.4 is 61.9 Å². The first-order chi connectivity index (χ1) is 3.71. The fraction of sp³-hybridized carbons (Fsp3) is 0. The van der Waals surface area contributed by atoms with E-state index in [9.17, 15) is 15.1 Å². The molecular formula is H2MoO7PRb. The molecule has 0 heterocycles. The van der Waals surface area contributed by atoms with Crippen LogP contribution in [-0.4, -0.2) is 9.79 Å². The summed E-state index contributed by atoms with van der Waals surface area (Å²) >= 11 is -6.28. The molecule has 0 aliphatic carbocycles. The van der Waals surface area contributed by atoms with Crippen molar-refractivity contribution < 1.29 is 103 Å². The fourth-order valence-electron chi connectivity index (χ4n) is 0.119. The van der Waals surface area contributed by atoms with Gasteiger partial charge in [-0.05, 0) is 0 Å². The van der Waals surface area contributed by atoms with Gasteiger partial charge in [0.15, 0.2) is 0 Å². The van der Waals surface area contributed by atoms with Crippen LogP contribution in [0.1, 0.15) is 0 Å². The summed E-state index contributed by atoms with van der Waals surface area (Å²) in [5.74, 6) is 0. The van der Waals surface area contributed by atoms with Crippen LogP contribution in [0.2, 0.25) is 0 Å². The predicted molar refractivity (Wildman–Crippen MR) is 14.5 cm³/mol. The zero-order valence-electron chi connectivity index (χ0n) is 4.79. The van der Waals surface area contributed by atoms with E-state index in [0.29, 0.717) is 0 Å². The second kappa shape index (κ2) is 5.02. The minimum Gasteiger partial charge on any atom is 1.00 e. The van der Waals surface area contributed by atoms with Crippen molar-refractivity contribution in [2.45, 2.75) is 0 Å². The van der Waals surface area contributed by atoms with Gasteiger partial charge in [0.25, 0.3) is 0 Å². The van der Waals surface area contributed by atoms with Crippen molar-refractivity contribution in [2.75, 3.05) is 0 Å². The van der Waals surface area contributed by atoms with E-state index in [-0.39, 0.29) is 58.2 Å². The van der Waals surface area contributed by atoms with Crippen LogP contribution in [0.5, 0.6) is 0 Å². The molecule has 0 bridgehead atoms. The van der Waals surface area contributed by atoms with Gasteiger partial charge in [-0.1, -0.05) is 0 Å². The van der Waals surface area contributed by atoms with Crippen molar-refractivity contribution in [3.63, 3.8) is 0 Å². The van der Waals surface area contributed by atoms with E-state index in [1.165, 1.54) is 0 Å². The molecule has 0 radical (unpaired) electrons. The minimum atomic E-state index is -6.28. The second-order valence-electron chi connectivity index (χ2n) is 0.973. The first-order valence-corrected chi connectivity index (χ1v) is 6.24. The van der Waals surface area contributed by atoms with Gasteiger partial charge in [-0.15, -0.1) is 0 Å². The molecule has 10 heavy (non-hydrogen) atoms. The maximum absolute atomic E-state index is 9.57. The number of hydrogen-bond acceptors (Lipinski definition) is 5. The first kappa shape index (κ1) is 14.7. The number of rotatable bonds is 2. The largest absolute Gasteiger partial charge is 1.00 e. The molecule has 0 aromatic heterocycles. The van der Waals surface area contributed by atoms with Gasteiger partial charge in [0.1, 0.15) is 0 Å². The predicted octanol–water partition coefficient (Wildman–Crippen LogP) is -4.87. The summed E-state index contributed by atoms with van der Waals surface area (Å²) in [7, 11) is -5.14. The van der Waals surface area contributed by atoms with Gasteiger partial charge in [0.05, 0.1) is 0 Å². The van der Waals surface area contributed by atoms with E-state index >= 15 is 0 Å². The molecule has 0 saturated heterocycles. The molecule has 0 unspecified atom stereocenters. The Morgan fingerprint density at radius 2 is 1.70 bits per heavy atom. The third-order valence-corrected chi connectivity index (χ3v) is 3.34. The molecule has 2 N–H and O–H groups in total. The molecule has 0 aromatic rings. The molecule has 0 aliphatic rings. The van der Waals surface area contributed by atoms with E-state index in [4.69, 9.17) is 9.79 Å². The Kier molecular flexibility index (Phi) is 7.36. The molecule has 0 fully saturated rings. The molecule has 10 heteroatoms. The summed E-state index contributed by atoms with van der Waals surface area (Å²) in [5, 5.41) is 0. The summed E-state index contributed by atoms with van der Waals surface area (Å²) in [6.45, 7) is 0. The molecular weight excluding hydrogens is 324 g/mol. The summed E-state index contributed by atoms with van der Waals surface area (Å²) < 4.78 is 40.8. The Bertz CT molecular complexity index is 220. The van der Waals surface area contributed by atoms with Crippen molar-refractivity contribution in [1.29, 1.82) is 0 Å². The third-order valence-electron chi connectivity index (χ3n) is 0.188. The molecule has 0 rings (SSSR count). The van der Waals surface area contributed by atoms with E-state index in [1.807, 2.05) is 0 Å². The molecule has 0 saturated carbocycles. The van der Waals surface area contributed by atoms with Gasteiger partial charge < -0.3 is 0 Å². The normalized spacial score (nSPS) is 12.3. The van der Waals surface area contributed by atoms with Crippen LogP contribution in [-0.2, 0) is 31.3 Å². The third kappa shape index (κ3) is 12.8. The van der Waals surface area contributed by atoms with Crippen molar-refractivity contribution in [3.05, 3.63) is 0 Å². The van der Waals surface area contributed by atoms with Crippen LogP contribution in [0, 0.1) is 0 Å². The molecule has 56 valence electrons. The topological polar surface area (TPSA) is 124 Å². The zero-order chi connectivity index (χ0) is 7.71. The average Bonchev–Trinajstić information content (AvgIpc) is 1.14. The van der Waals surface area contributed by atoms with Crippen LogP contribution in [0.3, 0.4) is 0 Å². The fourth-order valence-corrected chi connectivity index (χ4v) is 2.11. The molecule has 0 atom stereocenters. The van der Waals surface area contributed by atoms with E-state index < -0.39 is 24.6 Å². The number of phosphoric acid groups is 1. The second-order valence-corrected chi connectivity index (χ2v) is 5.21. The van der Waals surface area contributed by atoms with Crippen molar-refractivity contribution in [3.8, 4) is 0 Å². The zero-order valence-corrected chi connectivity index (χ0v) is 12.6. The summed E-state index contributed by atoms with van der Waals surface area (Å²) in [6, 6.07) is 0. The van der Waals surface area contributed by atoms with Crippen LogP contribution in [0.25, 0.3) is 0 Å². The average molecular weight is 326 g/mol. The Morgan fingerprint density at radius 1 is 1.40 bits per heavy atom. The molecule has 0 aliphatic heterocycles. The van der Waals surface area contributed by atoms with E-state index in [1.54, 1.807) is 0 Å². The smallest absolute Gasteiger partial charge is 1.00 e. The molecule has 0 spiro atoms. The maximum atomic E-state index is 9.57. The Labute approximate surface area is 109 Å². The quantitative estimate of drug-likeness (QED) is 0.385. The summed E-state index contributed by atoms with van der Waals surface area (Å²) in [6.07, 6.45) is 0. The van der Waals surface area contributed by atoms with Crippen LogP contribution in [0.15, 0.2) is 0 Å². The summed E-state index contributed by atoms with van der Waals surface area (Å²) in [4.78, 5) is 15.4. The number of hydrogen-bond donors (Lipinski definition) is 2.